The molecule has 0 aromatic heterocycles. The molecule has 4 fully saturated rings. The van der Waals surface area contributed by atoms with Gasteiger partial charge in [-0.2, -0.15) is 0 Å². The van der Waals surface area contributed by atoms with Gasteiger partial charge in [0.1, 0.15) is 5.78 Å². The number of rotatable bonds is 0. The number of aliphatic hydroxyl groups is 2. The van der Waals surface area contributed by atoms with E-state index in [9.17, 15) is 15.0 Å². The van der Waals surface area contributed by atoms with Crippen LogP contribution in [-0.4, -0.2) is 28.2 Å². The van der Waals surface area contributed by atoms with Crippen molar-refractivity contribution in [1.82, 2.24) is 0 Å². The topological polar surface area (TPSA) is 57.5 Å². The predicted molar refractivity (Wildman–Crippen MR) is 84.1 cm³/mol. The summed E-state index contributed by atoms with van der Waals surface area (Å²) in [6.07, 6.45) is 7.07. The third kappa shape index (κ3) is 1.84. The lowest BCUT2D eigenvalue weighted by Gasteiger charge is -2.59. The van der Waals surface area contributed by atoms with E-state index in [0.717, 1.165) is 44.9 Å². The van der Waals surface area contributed by atoms with Crippen molar-refractivity contribution in [1.29, 1.82) is 0 Å². The maximum Gasteiger partial charge on any atom is 0.136 e. The maximum absolute atomic E-state index is 13.0. The van der Waals surface area contributed by atoms with Crippen LogP contribution in [0.25, 0.3) is 0 Å². The summed E-state index contributed by atoms with van der Waals surface area (Å²) in [5.41, 5.74) is 0.195. The molecule has 4 aliphatic carbocycles. The summed E-state index contributed by atoms with van der Waals surface area (Å²) in [6, 6.07) is 0. The summed E-state index contributed by atoms with van der Waals surface area (Å²) in [5.74, 6) is 1.85. The molecule has 0 aliphatic heterocycles. The third-order valence-electron chi connectivity index (χ3n) is 8.39. The van der Waals surface area contributed by atoms with Crippen molar-refractivity contribution >= 4 is 5.78 Å². The number of carbonyl (C=O) groups is 1. The quantitative estimate of drug-likeness (QED) is 0.723. The molecule has 0 spiro atoms. The van der Waals surface area contributed by atoms with E-state index in [1.165, 1.54) is 0 Å². The van der Waals surface area contributed by atoms with Gasteiger partial charge in [0, 0.05) is 12.3 Å². The van der Waals surface area contributed by atoms with Crippen molar-refractivity contribution in [2.75, 3.05) is 0 Å². The lowest BCUT2D eigenvalue weighted by molar-refractivity contribution is -0.162. The van der Waals surface area contributed by atoms with Gasteiger partial charge in [0.15, 0.2) is 0 Å². The Bertz CT molecular complexity index is 489. The number of hydrogen-bond acceptors (Lipinski definition) is 3. The minimum absolute atomic E-state index is 0.0335. The Hall–Kier alpha value is -0.410. The smallest absolute Gasteiger partial charge is 0.136 e. The van der Waals surface area contributed by atoms with E-state index in [-0.39, 0.29) is 29.0 Å². The zero-order chi connectivity index (χ0) is 15.7. The second-order valence-corrected chi connectivity index (χ2v) is 9.18. The summed E-state index contributed by atoms with van der Waals surface area (Å²) < 4.78 is 0. The summed E-state index contributed by atoms with van der Waals surface area (Å²) in [6.45, 7) is 4.61. The molecule has 2 N–H and O–H groups in total. The first-order chi connectivity index (χ1) is 10.4. The highest BCUT2D eigenvalue weighted by Crippen LogP contribution is 2.65. The molecule has 3 nitrogen and oxygen atoms in total. The van der Waals surface area contributed by atoms with Gasteiger partial charge in [-0.15, -0.1) is 0 Å². The van der Waals surface area contributed by atoms with Crippen molar-refractivity contribution in [3.8, 4) is 0 Å². The Labute approximate surface area is 133 Å². The van der Waals surface area contributed by atoms with E-state index in [2.05, 4.69) is 13.8 Å². The lowest BCUT2D eigenvalue weighted by Crippen LogP contribution is -2.57. The highest BCUT2D eigenvalue weighted by Gasteiger charge is 2.62. The Morgan fingerprint density at radius 3 is 2.41 bits per heavy atom. The van der Waals surface area contributed by atoms with Crippen molar-refractivity contribution < 1.29 is 15.0 Å². The van der Waals surface area contributed by atoms with Gasteiger partial charge in [0.05, 0.1) is 12.2 Å². The van der Waals surface area contributed by atoms with E-state index in [0.29, 0.717) is 30.0 Å². The van der Waals surface area contributed by atoms with Crippen molar-refractivity contribution in [3.05, 3.63) is 0 Å². The fraction of sp³-hybridized carbons (Fsp3) is 0.947. The number of ketones is 1. The van der Waals surface area contributed by atoms with Crippen LogP contribution >= 0.6 is 0 Å². The second kappa shape index (κ2) is 4.80. The Balaban J connectivity index is 1.69. The number of Topliss-reactive ketones (excluding diaryl/α,β-unsaturated/α-hetero) is 1. The van der Waals surface area contributed by atoms with Gasteiger partial charge in [0.25, 0.3) is 0 Å². The van der Waals surface area contributed by atoms with Crippen molar-refractivity contribution in [3.63, 3.8) is 0 Å². The molecule has 0 unspecified atom stereocenters. The average Bonchev–Trinajstić information content (AvgIpc) is 2.77. The van der Waals surface area contributed by atoms with Gasteiger partial charge in [-0.05, 0) is 73.5 Å². The molecule has 0 aromatic carbocycles. The van der Waals surface area contributed by atoms with Crippen LogP contribution in [0.3, 0.4) is 0 Å². The maximum atomic E-state index is 13.0. The average molecular weight is 306 g/mol. The predicted octanol–water partition coefficient (Wildman–Crippen LogP) is 2.93. The fourth-order valence-corrected chi connectivity index (χ4v) is 6.88. The summed E-state index contributed by atoms with van der Waals surface area (Å²) >= 11 is 0. The van der Waals surface area contributed by atoms with Crippen LogP contribution in [0.5, 0.6) is 0 Å². The van der Waals surface area contributed by atoms with Crippen molar-refractivity contribution in [2.45, 2.75) is 77.4 Å². The Morgan fingerprint density at radius 1 is 0.955 bits per heavy atom. The monoisotopic (exact) mass is 306 g/mol. The molecule has 4 aliphatic rings. The van der Waals surface area contributed by atoms with Gasteiger partial charge in [-0.25, -0.2) is 0 Å². The highest BCUT2D eigenvalue weighted by atomic mass is 16.3. The number of fused-ring (bicyclic) bond motifs is 5. The lowest BCUT2D eigenvalue weighted by atomic mass is 9.45. The van der Waals surface area contributed by atoms with Crippen LogP contribution in [-0.2, 0) is 4.79 Å². The van der Waals surface area contributed by atoms with Crippen LogP contribution in [0.4, 0.5) is 0 Å². The van der Waals surface area contributed by atoms with Crippen LogP contribution < -0.4 is 0 Å². The van der Waals surface area contributed by atoms with E-state index in [1.807, 2.05) is 0 Å². The molecule has 0 bridgehead atoms. The van der Waals surface area contributed by atoms with Crippen LogP contribution in [0.15, 0.2) is 0 Å². The molecular formula is C19H30O3. The Kier molecular flexibility index (Phi) is 3.30. The molecule has 124 valence electrons. The summed E-state index contributed by atoms with van der Waals surface area (Å²) in [4.78, 5) is 13.0. The molecule has 0 saturated heterocycles. The normalized spacial score (nSPS) is 57.9. The molecule has 0 heterocycles. The van der Waals surface area contributed by atoms with Crippen LogP contribution in [0.1, 0.15) is 65.2 Å². The first-order valence-electron chi connectivity index (χ1n) is 9.25. The molecule has 0 amide bonds. The first-order valence-corrected chi connectivity index (χ1v) is 9.25. The van der Waals surface area contributed by atoms with Gasteiger partial charge in [-0.1, -0.05) is 13.8 Å². The molecule has 0 radical (unpaired) electrons. The van der Waals surface area contributed by atoms with Gasteiger partial charge in [0.2, 0.25) is 0 Å². The minimum atomic E-state index is -0.218. The molecular weight excluding hydrogens is 276 g/mol. The van der Waals surface area contributed by atoms with Crippen LogP contribution in [0.2, 0.25) is 0 Å². The fourth-order valence-electron chi connectivity index (χ4n) is 6.88. The van der Waals surface area contributed by atoms with Gasteiger partial charge >= 0.3 is 0 Å². The van der Waals surface area contributed by atoms with Crippen LogP contribution in [0, 0.1) is 34.5 Å². The molecule has 3 heteroatoms. The second-order valence-electron chi connectivity index (χ2n) is 9.18. The van der Waals surface area contributed by atoms with Gasteiger partial charge in [-0.3, -0.25) is 4.79 Å². The van der Waals surface area contributed by atoms with E-state index < -0.39 is 0 Å². The first kappa shape index (κ1) is 15.1. The number of aliphatic hydroxyl groups excluding tert-OH is 2. The molecule has 22 heavy (non-hydrogen) atoms. The van der Waals surface area contributed by atoms with E-state index in [4.69, 9.17) is 0 Å². The zero-order valence-corrected chi connectivity index (χ0v) is 13.9. The Morgan fingerprint density at radius 2 is 1.64 bits per heavy atom. The minimum Gasteiger partial charge on any atom is -0.393 e. The molecule has 4 saturated carbocycles. The SMILES string of the molecule is C[C@]12CC[C@@H](O)C[C@@H]1CC(=O)[C@@H]1[C@@H]2CC[C@]2(C)[C@@H](O)CC[C@@H]12. The standard InChI is InChI=1S/C19H30O3/c1-18-7-5-12(20)9-11(18)10-15(21)17-13-3-4-16(22)19(13,2)8-6-14(17)18/h11-14,16-17,20,22H,3-10H2,1-2H3/t11-,12-,13+,14+,16+,17+,18+,19+/m1/s1. The number of carbonyl (C=O) groups excluding carboxylic acids is 1. The van der Waals surface area contributed by atoms with Gasteiger partial charge < -0.3 is 10.2 Å². The highest BCUT2D eigenvalue weighted by molar-refractivity contribution is 5.83. The van der Waals surface area contributed by atoms with Crippen molar-refractivity contribution in [2.24, 2.45) is 34.5 Å². The zero-order valence-electron chi connectivity index (χ0n) is 13.9. The molecule has 0 aromatic rings. The van der Waals surface area contributed by atoms with E-state index >= 15 is 0 Å². The largest absolute Gasteiger partial charge is 0.393 e. The molecule has 4 rings (SSSR count). The third-order valence-corrected chi connectivity index (χ3v) is 8.39. The summed E-state index contributed by atoms with van der Waals surface area (Å²) in [7, 11) is 0. The summed E-state index contributed by atoms with van der Waals surface area (Å²) in [5, 5.41) is 20.5. The number of hydrogen-bond donors (Lipinski definition) is 2. The molecule has 8 atom stereocenters. The van der Waals surface area contributed by atoms with E-state index in [1.54, 1.807) is 0 Å².